The van der Waals surface area contributed by atoms with Gasteiger partial charge in [-0.2, -0.15) is 5.26 Å². The van der Waals surface area contributed by atoms with Gasteiger partial charge in [0.15, 0.2) is 5.69 Å². The molecule has 0 saturated carbocycles. The van der Waals surface area contributed by atoms with Gasteiger partial charge in [-0.15, -0.1) is 5.10 Å². The van der Waals surface area contributed by atoms with Crippen molar-refractivity contribution in [2.45, 2.75) is 6.92 Å². The zero-order chi connectivity index (χ0) is 16.4. The van der Waals surface area contributed by atoms with Gasteiger partial charge in [-0.05, 0) is 13.0 Å². The highest BCUT2D eigenvalue weighted by Gasteiger charge is 2.17. The molecule has 0 radical (unpaired) electrons. The molecule has 0 aliphatic heterocycles. The van der Waals surface area contributed by atoms with Crippen LogP contribution in [0.2, 0.25) is 0 Å². The second-order valence-corrected chi connectivity index (χ2v) is 4.95. The zero-order valence-electron chi connectivity index (χ0n) is 12.2. The van der Waals surface area contributed by atoms with E-state index in [1.54, 1.807) is 12.1 Å². The van der Waals surface area contributed by atoms with E-state index in [2.05, 4.69) is 10.3 Å². The SMILES string of the molecule is Cc1ccc(-c2c(C#N)nnn2-c2cccc([N+](=O)[O-])c2)cc1. The van der Waals surface area contributed by atoms with Crippen molar-refractivity contribution in [3.63, 3.8) is 0 Å². The summed E-state index contributed by atoms with van der Waals surface area (Å²) in [5.41, 5.74) is 2.95. The minimum atomic E-state index is -0.475. The maximum absolute atomic E-state index is 10.9. The monoisotopic (exact) mass is 305 g/mol. The number of nitro benzene ring substituents is 1. The summed E-state index contributed by atoms with van der Waals surface area (Å²) in [7, 11) is 0. The van der Waals surface area contributed by atoms with Crippen LogP contribution < -0.4 is 0 Å². The third kappa shape index (κ3) is 2.65. The molecule has 3 aromatic rings. The van der Waals surface area contributed by atoms with Crippen LogP contribution in [0.5, 0.6) is 0 Å². The second kappa shape index (κ2) is 5.69. The van der Waals surface area contributed by atoms with E-state index in [4.69, 9.17) is 0 Å². The molecule has 7 heteroatoms. The number of aryl methyl sites for hydroxylation is 1. The van der Waals surface area contributed by atoms with E-state index >= 15 is 0 Å². The number of hydrogen-bond acceptors (Lipinski definition) is 5. The first-order chi connectivity index (χ1) is 11.1. The van der Waals surface area contributed by atoms with Crippen molar-refractivity contribution in [2.24, 2.45) is 0 Å². The Hall–Kier alpha value is -3.53. The maximum atomic E-state index is 10.9. The molecule has 0 unspecified atom stereocenters. The highest BCUT2D eigenvalue weighted by atomic mass is 16.6. The molecular formula is C16H11N5O2. The van der Waals surface area contributed by atoms with E-state index < -0.39 is 4.92 Å². The quantitative estimate of drug-likeness (QED) is 0.547. The lowest BCUT2D eigenvalue weighted by Crippen LogP contribution is -2.01. The molecule has 0 aliphatic carbocycles. The van der Waals surface area contributed by atoms with Crippen LogP contribution in [-0.4, -0.2) is 19.9 Å². The summed E-state index contributed by atoms with van der Waals surface area (Å²) in [5, 5.41) is 28.1. The predicted octanol–water partition coefficient (Wildman–Crippen LogP) is 3.02. The number of hydrogen-bond donors (Lipinski definition) is 0. The van der Waals surface area contributed by atoms with Gasteiger partial charge in [0.25, 0.3) is 5.69 Å². The Kier molecular flexibility index (Phi) is 3.57. The molecule has 0 atom stereocenters. The lowest BCUT2D eigenvalue weighted by Gasteiger charge is -2.07. The van der Waals surface area contributed by atoms with Gasteiger partial charge in [-0.3, -0.25) is 10.1 Å². The average Bonchev–Trinajstić information content (AvgIpc) is 2.99. The standard InChI is InChI=1S/C16H11N5O2/c1-11-5-7-12(8-6-11)16-15(10-17)18-19-20(16)13-3-2-4-14(9-13)21(22)23/h2-9H,1H3. The molecule has 23 heavy (non-hydrogen) atoms. The third-order valence-corrected chi connectivity index (χ3v) is 3.39. The van der Waals surface area contributed by atoms with Crippen molar-refractivity contribution < 1.29 is 4.92 Å². The van der Waals surface area contributed by atoms with Gasteiger partial charge >= 0.3 is 0 Å². The summed E-state index contributed by atoms with van der Waals surface area (Å²) in [5.74, 6) is 0. The minimum Gasteiger partial charge on any atom is -0.258 e. The van der Waals surface area contributed by atoms with Crippen molar-refractivity contribution in [3.8, 4) is 23.0 Å². The molecule has 0 bridgehead atoms. The first-order valence-electron chi connectivity index (χ1n) is 6.78. The summed E-state index contributed by atoms with van der Waals surface area (Å²) >= 11 is 0. The van der Waals surface area contributed by atoms with Crippen LogP contribution >= 0.6 is 0 Å². The number of aromatic nitrogens is 3. The van der Waals surface area contributed by atoms with Gasteiger partial charge in [-0.25, -0.2) is 4.68 Å². The van der Waals surface area contributed by atoms with Gasteiger partial charge < -0.3 is 0 Å². The Bertz CT molecular complexity index is 922. The summed E-state index contributed by atoms with van der Waals surface area (Å²) < 4.78 is 1.44. The minimum absolute atomic E-state index is 0.0497. The van der Waals surface area contributed by atoms with Crippen molar-refractivity contribution in [1.82, 2.24) is 15.0 Å². The van der Waals surface area contributed by atoms with Crippen molar-refractivity contribution >= 4 is 5.69 Å². The first kappa shape index (κ1) is 14.4. The van der Waals surface area contributed by atoms with Crippen LogP contribution in [0, 0.1) is 28.4 Å². The van der Waals surface area contributed by atoms with Crippen molar-refractivity contribution in [1.29, 1.82) is 5.26 Å². The smallest absolute Gasteiger partial charge is 0.258 e. The molecule has 0 saturated heterocycles. The highest BCUT2D eigenvalue weighted by Crippen LogP contribution is 2.26. The summed E-state index contributed by atoms with van der Waals surface area (Å²) in [6.45, 7) is 1.96. The molecule has 0 fully saturated rings. The van der Waals surface area contributed by atoms with Crippen LogP contribution in [0.25, 0.3) is 16.9 Å². The summed E-state index contributed by atoms with van der Waals surface area (Å²) in [6.07, 6.45) is 0. The van der Waals surface area contributed by atoms with E-state index in [9.17, 15) is 15.4 Å². The lowest BCUT2D eigenvalue weighted by molar-refractivity contribution is -0.384. The Balaban J connectivity index is 2.20. The molecule has 3 rings (SSSR count). The third-order valence-electron chi connectivity index (χ3n) is 3.39. The van der Waals surface area contributed by atoms with E-state index in [-0.39, 0.29) is 11.4 Å². The zero-order valence-corrected chi connectivity index (χ0v) is 12.2. The molecule has 0 N–H and O–H groups in total. The van der Waals surface area contributed by atoms with E-state index in [1.807, 2.05) is 37.3 Å². The Morgan fingerprint density at radius 3 is 2.61 bits per heavy atom. The Labute approximate surface area is 131 Å². The normalized spacial score (nSPS) is 10.3. The maximum Gasteiger partial charge on any atom is 0.271 e. The molecule has 2 aromatic carbocycles. The summed E-state index contributed by atoms with van der Waals surface area (Å²) in [4.78, 5) is 10.5. The first-order valence-corrected chi connectivity index (χ1v) is 6.78. The highest BCUT2D eigenvalue weighted by molar-refractivity contribution is 5.67. The van der Waals surface area contributed by atoms with Crippen molar-refractivity contribution in [3.05, 3.63) is 69.9 Å². The average molecular weight is 305 g/mol. The van der Waals surface area contributed by atoms with Crippen LogP contribution in [0.15, 0.2) is 48.5 Å². The van der Waals surface area contributed by atoms with Gasteiger partial charge in [0.05, 0.1) is 10.6 Å². The van der Waals surface area contributed by atoms with Gasteiger partial charge in [0, 0.05) is 17.7 Å². The molecular weight excluding hydrogens is 294 g/mol. The number of non-ortho nitro benzene ring substituents is 1. The van der Waals surface area contributed by atoms with E-state index in [0.29, 0.717) is 11.4 Å². The fraction of sp³-hybridized carbons (Fsp3) is 0.0625. The van der Waals surface area contributed by atoms with Crippen LogP contribution in [-0.2, 0) is 0 Å². The van der Waals surface area contributed by atoms with Crippen LogP contribution in [0.4, 0.5) is 5.69 Å². The Morgan fingerprint density at radius 2 is 1.96 bits per heavy atom. The molecule has 0 aliphatic rings. The number of nitro groups is 1. The molecule has 1 aromatic heterocycles. The fourth-order valence-corrected chi connectivity index (χ4v) is 2.25. The van der Waals surface area contributed by atoms with E-state index in [0.717, 1.165) is 11.1 Å². The molecule has 7 nitrogen and oxygen atoms in total. The number of benzene rings is 2. The number of nitriles is 1. The molecule has 0 spiro atoms. The van der Waals surface area contributed by atoms with E-state index in [1.165, 1.54) is 16.8 Å². The second-order valence-electron chi connectivity index (χ2n) is 4.95. The van der Waals surface area contributed by atoms with Crippen LogP contribution in [0.1, 0.15) is 11.3 Å². The van der Waals surface area contributed by atoms with Gasteiger partial charge in [0.1, 0.15) is 11.8 Å². The molecule has 0 amide bonds. The van der Waals surface area contributed by atoms with Gasteiger partial charge in [-0.1, -0.05) is 41.1 Å². The predicted molar refractivity (Wildman–Crippen MR) is 82.9 cm³/mol. The summed E-state index contributed by atoms with van der Waals surface area (Å²) in [6, 6.07) is 15.6. The Morgan fingerprint density at radius 1 is 1.22 bits per heavy atom. The number of nitrogens with zero attached hydrogens (tertiary/aromatic N) is 5. The molecule has 112 valence electrons. The van der Waals surface area contributed by atoms with Crippen LogP contribution in [0.3, 0.4) is 0 Å². The van der Waals surface area contributed by atoms with Gasteiger partial charge in [0.2, 0.25) is 0 Å². The largest absolute Gasteiger partial charge is 0.271 e. The van der Waals surface area contributed by atoms with Crippen molar-refractivity contribution in [2.75, 3.05) is 0 Å². The fourth-order valence-electron chi connectivity index (χ4n) is 2.25. The molecule has 1 heterocycles. The lowest BCUT2D eigenvalue weighted by atomic mass is 10.1. The topological polar surface area (TPSA) is 97.6 Å². The number of rotatable bonds is 3.